The quantitative estimate of drug-likeness (QED) is 0.426. The molecule has 3 aliphatic rings. The number of anilines is 1. The molecule has 0 spiro atoms. The number of aryl methyl sites for hydroxylation is 1. The average Bonchev–Trinajstić information content (AvgIpc) is 3.42. The van der Waals surface area contributed by atoms with Gasteiger partial charge in [0.15, 0.2) is 0 Å². The van der Waals surface area contributed by atoms with Crippen LogP contribution in [0.25, 0.3) is 28.8 Å². The molecule has 2 amide bonds. The van der Waals surface area contributed by atoms with E-state index in [1.165, 1.54) is 16.7 Å². The Morgan fingerprint density at radius 2 is 1.89 bits per heavy atom. The molecule has 1 atom stereocenters. The summed E-state index contributed by atoms with van der Waals surface area (Å²) in [6.07, 6.45) is 14.8. The number of quaternary nitrogens is 1. The van der Waals surface area contributed by atoms with Crippen LogP contribution in [0.2, 0.25) is 0 Å². The number of aromatic nitrogens is 2. The Morgan fingerprint density at radius 1 is 1.09 bits per heavy atom. The molecular weight excluding hydrogens is 436 g/mol. The smallest absolute Gasteiger partial charge is 0.266 e. The van der Waals surface area contributed by atoms with E-state index in [4.69, 9.17) is 0 Å². The number of benzene rings is 1. The highest BCUT2D eigenvalue weighted by atomic mass is 16.2. The molecule has 3 aromatic rings. The maximum absolute atomic E-state index is 13.9. The molecule has 0 saturated heterocycles. The van der Waals surface area contributed by atoms with Crippen LogP contribution >= 0.6 is 0 Å². The third-order valence-corrected chi connectivity index (χ3v) is 7.35. The largest absolute Gasteiger partial charge is 0.353 e. The van der Waals surface area contributed by atoms with Crippen molar-refractivity contribution in [3.8, 4) is 0 Å². The van der Waals surface area contributed by atoms with E-state index in [9.17, 15) is 9.59 Å². The molecule has 1 aromatic carbocycles. The average molecular weight is 468 g/mol. The van der Waals surface area contributed by atoms with Crippen molar-refractivity contribution in [1.29, 1.82) is 0 Å². The summed E-state index contributed by atoms with van der Waals surface area (Å²) in [6.45, 7) is 0.978. The molecule has 0 fully saturated rings. The Bertz CT molecular complexity index is 1490. The van der Waals surface area contributed by atoms with E-state index in [0.717, 1.165) is 63.7 Å². The SMILES string of the molecule is Cn1cc(C2=CC(=O)N(c3c4n(c5ccccc35)C=CC(C[N+](C)(C)C)C4)C2=O)c2c1CCC=C2. The van der Waals surface area contributed by atoms with Crippen LogP contribution in [-0.2, 0) is 29.5 Å². The number of imide groups is 1. The van der Waals surface area contributed by atoms with Crippen LogP contribution in [0.15, 0.2) is 48.7 Å². The van der Waals surface area contributed by atoms with Crippen molar-refractivity contribution in [3.05, 3.63) is 71.2 Å². The number of carbonyl (C=O) groups excluding carboxylic acids is 2. The summed E-state index contributed by atoms with van der Waals surface area (Å²) in [7, 11) is 8.59. The molecular formula is C29H31N4O2+. The van der Waals surface area contributed by atoms with Crippen LogP contribution in [0.5, 0.6) is 0 Å². The minimum absolute atomic E-state index is 0.237. The van der Waals surface area contributed by atoms with Crippen molar-refractivity contribution in [1.82, 2.24) is 9.13 Å². The van der Waals surface area contributed by atoms with Gasteiger partial charge in [-0.05, 0) is 18.9 Å². The summed E-state index contributed by atoms with van der Waals surface area (Å²) in [6, 6.07) is 8.06. The number of para-hydroxylation sites is 1. The zero-order chi connectivity index (χ0) is 24.5. The number of amides is 2. The van der Waals surface area contributed by atoms with E-state index < -0.39 is 0 Å². The molecule has 6 nitrogen and oxygen atoms in total. The van der Waals surface area contributed by atoms with Crippen molar-refractivity contribution < 1.29 is 14.1 Å². The molecule has 2 aliphatic heterocycles. The Hall–Kier alpha value is -3.64. The molecule has 1 aliphatic carbocycles. The highest BCUT2D eigenvalue weighted by molar-refractivity contribution is 6.45. The van der Waals surface area contributed by atoms with E-state index in [-0.39, 0.29) is 11.8 Å². The number of hydrogen-bond acceptors (Lipinski definition) is 2. The topological polar surface area (TPSA) is 47.2 Å². The van der Waals surface area contributed by atoms with Gasteiger partial charge < -0.3 is 13.6 Å². The summed E-state index contributed by atoms with van der Waals surface area (Å²) in [5, 5.41) is 0.935. The molecule has 0 bridgehead atoms. The fourth-order valence-corrected chi connectivity index (χ4v) is 5.96. The molecule has 4 heterocycles. The van der Waals surface area contributed by atoms with Crippen molar-refractivity contribution in [2.24, 2.45) is 13.0 Å². The minimum Gasteiger partial charge on any atom is -0.353 e. The molecule has 6 rings (SSSR count). The van der Waals surface area contributed by atoms with E-state index in [1.807, 2.05) is 31.4 Å². The zero-order valence-corrected chi connectivity index (χ0v) is 20.8. The maximum atomic E-state index is 13.9. The first-order valence-electron chi connectivity index (χ1n) is 12.3. The van der Waals surface area contributed by atoms with Gasteiger partial charge in [0.05, 0.1) is 44.5 Å². The maximum Gasteiger partial charge on any atom is 0.266 e. The summed E-state index contributed by atoms with van der Waals surface area (Å²) in [4.78, 5) is 28.8. The van der Waals surface area contributed by atoms with E-state index in [1.54, 1.807) is 0 Å². The summed E-state index contributed by atoms with van der Waals surface area (Å²) in [5.41, 5.74) is 6.38. The molecule has 35 heavy (non-hydrogen) atoms. The summed E-state index contributed by atoms with van der Waals surface area (Å²) >= 11 is 0. The van der Waals surface area contributed by atoms with Crippen LogP contribution in [-0.4, -0.2) is 53.1 Å². The molecule has 1 unspecified atom stereocenters. The monoisotopic (exact) mass is 467 g/mol. The van der Waals surface area contributed by atoms with Crippen molar-refractivity contribution in [3.63, 3.8) is 0 Å². The van der Waals surface area contributed by atoms with Crippen LogP contribution < -0.4 is 4.90 Å². The van der Waals surface area contributed by atoms with Crippen molar-refractivity contribution >= 4 is 46.3 Å². The van der Waals surface area contributed by atoms with Gasteiger partial charge >= 0.3 is 0 Å². The van der Waals surface area contributed by atoms with Gasteiger partial charge in [-0.2, -0.15) is 0 Å². The van der Waals surface area contributed by atoms with Crippen LogP contribution in [0.4, 0.5) is 5.69 Å². The predicted molar refractivity (Wildman–Crippen MR) is 141 cm³/mol. The van der Waals surface area contributed by atoms with E-state index >= 15 is 0 Å². The highest BCUT2D eigenvalue weighted by Gasteiger charge is 2.39. The van der Waals surface area contributed by atoms with Crippen LogP contribution in [0.1, 0.15) is 28.9 Å². The van der Waals surface area contributed by atoms with Gasteiger partial charge in [0.25, 0.3) is 11.8 Å². The first kappa shape index (κ1) is 21.9. The van der Waals surface area contributed by atoms with Crippen molar-refractivity contribution in [2.45, 2.75) is 19.3 Å². The van der Waals surface area contributed by atoms with E-state index in [0.29, 0.717) is 11.5 Å². The first-order valence-corrected chi connectivity index (χ1v) is 12.3. The molecule has 2 aromatic heterocycles. The Labute approximate surface area is 205 Å². The summed E-state index contributed by atoms with van der Waals surface area (Å²) in [5.74, 6) is -0.171. The van der Waals surface area contributed by atoms with Gasteiger partial charge in [0, 0.05) is 65.8 Å². The number of hydrogen-bond donors (Lipinski definition) is 0. The number of nitrogens with zero attached hydrogens (tertiary/aromatic N) is 4. The molecule has 0 radical (unpaired) electrons. The second-order valence-corrected chi connectivity index (χ2v) is 11.0. The lowest BCUT2D eigenvalue weighted by atomic mass is 9.97. The van der Waals surface area contributed by atoms with Gasteiger partial charge in [-0.15, -0.1) is 0 Å². The zero-order valence-electron chi connectivity index (χ0n) is 20.8. The van der Waals surface area contributed by atoms with Crippen LogP contribution in [0, 0.1) is 5.92 Å². The fraction of sp³-hybridized carbons (Fsp3) is 0.310. The fourth-order valence-electron chi connectivity index (χ4n) is 5.96. The second-order valence-electron chi connectivity index (χ2n) is 11.0. The normalized spacial score (nSPS) is 19.5. The Balaban J connectivity index is 1.45. The highest BCUT2D eigenvalue weighted by Crippen LogP contribution is 2.42. The number of fused-ring (bicyclic) bond motifs is 4. The third kappa shape index (κ3) is 3.43. The van der Waals surface area contributed by atoms with E-state index in [2.05, 4.69) is 60.8 Å². The van der Waals surface area contributed by atoms with Gasteiger partial charge in [0.2, 0.25) is 0 Å². The minimum atomic E-state index is -0.265. The molecule has 0 N–H and O–H groups in total. The lowest BCUT2D eigenvalue weighted by molar-refractivity contribution is -0.873. The van der Waals surface area contributed by atoms with Gasteiger partial charge in [0.1, 0.15) is 0 Å². The van der Waals surface area contributed by atoms with Gasteiger partial charge in [-0.1, -0.05) is 36.4 Å². The second kappa shape index (κ2) is 7.68. The molecule has 0 saturated carbocycles. The number of carbonyl (C=O) groups is 2. The molecule has 6 heteroatoms. The van der Waals surface area contributed by atoms with Gasteiger partial charge in [-0.3, -0.25) is 9.59 Å². The van der Waals surface area contributed by atoms with Gasteiger partial charge in [-0.25, -0.2) is 4.90 Å². The number of allylic oxidation sites excluding steroid dienone is 1. The first-order chi connectivity index (χ1) is 16.7. The van der Waals surface area contributed by atoms with Crippen molar-refractivity contribution in [2.75, 3.05) is 32.6 Å². The third-order valence-electron chi connectivity index (χ3n) is 7.35. The lowest BCUT2D eigenvalue weighted by Crippen LogP contribution is -2.40. The number of rotatable bonds is 4. The Morgan fingerprint density at radius 3 is 2.69 bits per heavy atom. The molecule has 178 valence electrons. The Kier molecular flexibility index (Phi) is 4.80. The standard InChI is InChI=1S/C29H31N4O2/c1-30-17-23(20-9-5-7-11-24(20)30)22-16-27(34)32(29(22)35)28-21-10-6-8-12-25(21)31-14-13-19(15-26(28)31)18-33(2,3)4/h5-6,8-10,12-14,16-17,19H,7,11,15,18H2,1-4H3/q+1. The lowest BCUT2D eigenvalue weighted by Gasteiger charge is -2.30. The summed E-state index contributed by atoms with van der Waals surface area (Å²) < 4.78 is 5.10. The van der Waals surface area contributed by atoms with Crippen LogP contribution in [0.3, 0.4) is 0 Å². The predicted octanol–water partition coefficient (Wildman–Crippen LogP) is 4.25.